The number of nitrogens with one attached hydrogen (secondary N) is 2. The van der Waals surface area contributed by atoms with Gasteiger partial charge in [0.15, 0.2) is 22.9 Å². The molecule has 1 saturated carbocycles. The minimum Gasteiger partial charge on any atom is -0.494 e. The summed E-state index contributed by atoms with van der Waals surface area (Å²) in [5.74, 6) is -0.120. The normalized spacial score (nSPS) is 15.6. The maximum atomic E-state index is 13.1. The van der Waals surface area contributed by atoms with Crippen LogP contribution in [0, 0.1) is 0 Å². The fourth-order valence-corrected chi connectivity index (χ4v) is 3.26. The first-order valence-corrected chi connectivity index (χ1v) is 9.76. The zero-order chi connectivity index (χ0) is 22.5. The predicted molar refractivity (Wildman–Crippen MR) is 109 cm³/mol. The van der Waals surface area contributed by atoms with Crippen molar-refractivity contribution in [1.82, 2.24) is 19.6 Å². The summed E-state index contributed by atoms with van der Waals surface area (Å²) in [7, 11) is 0. The number of aromatic amines is 1. The molecule has 1 aliphatic carbocycles. The molecule has 1 fully saturated rings. The Bertz CT molecular complexity index is 1440. The zero-order valence-electron chi connectivity index (χ0n) is 16.4. The topological polar surface area (TPSA) is 111 Å². The van der Waals surface area contributed by atoms with Crippen molar-refractivity contribution in [2.45, 2.75) is 25.1 Å². The van der Waals surface area contributed by atoms with E-state index < -0.39 is 11.7 Å². The van der Waals surface area contributed by atoms with Crippen LogP contribution in [0.15, 0.2) is 47.6 Å². The van der Waals surface area contributed by atoms with E-state index in [4.69, 9.17) is 0 Å². The summed E-state index contributed by atoms with van der Waals surface area (Å²) in [5.41, 5.74) is 0.685. The van der Waals surface area contributed by atoms with Gasteiger partial charge in [-0.15, -0.1) is 0 Å². The van der Waals surface area contributed by atoms with E-state index in [1.165, 1.54) is 28.9 Å². The van der Waals surface area contributed by atoms with E-state index in [2.05, 4.69) is 25.4 Å². The monoisotopic (exact) mass is 442 g/mol. The molecule has 164 valence electrons. The van der Waals surface area contributed by atoms with E-state index in [0.717, 1.165) is 25.0 Å². The van der Waals surface area contributed by atoms with Crippen molar-refractivity contribution >= 4 is 23.2 Å². The van der Waals surface area contributed by atoms with Crippen molar-refractivity contribution < 1.29 is 23.4 Å². The summed E-state index contributed by atoms with van der Waals surface area (Å²) in [6.07, 6.45) is 0.564. The summed E-state index contributed by atoms with van der Waals surface area (Å²) in [6, 6.07) is 7.98. The van der Waals surface area contributed by atoms with Crippen LogP contribution in [0.4, 0.5) is 24.7 Å². The number of hydrogen-bond donors (Lipinski definition) is 4. The Morgan fingerprint density at radius 3 is 2.69 bits per heavy atom. The molecule has 0 amide bonds. The quantitative estimate of drug-likeness (QED) is 0.389. The molecule has 0 saturated heterocycles. The number of alkyl halides is 3. The minimum absolute atomic E-state index is 0.171. The van der Waals surface area contributed by atoms with Crippen LogP contribution < -0.4 is 16.0 Å². The van der Waals surface area contributed by atoms with Crippen LogP contribution >= 0.6 is 0 Å². The van der Waals surface area contributed by atoms with E-state index in [1.54, 1.807) is 12.1 Å². The lowest BCUT2D eigenvalue weighted by Crippen LogP contribution is -2.19. The molecule has 0 spiro atoms. The lowest BCUT2D eigenvalue weighted by molar-refractivity contribution is -0.137. The molecule has 32 heavy (non-hydrogen) atoms. The second-order valence-corrected chi connectivity index (χ2v) is 7.50. The van der Waals surface area contributed by atoms with Gasteiger partial charge in [-0.1, -0.05) is 6.07 Å². The lowest BCUT2D eigenvalue weighted by atomic mass is 10.2. The number of rotatable bonds is 4. The van der Waals surface area contributed by atoms with Gasteiger partial charge in [0.05, 0.1) is 17.8 Å². The van der Waals surface area contributed by atoms with Crippen LogP contribution in [0.1, 0.15) is 24.0 Å². The molecule has 0 atom stereocenters. The van der Waals surface area contributed by atoms with Gasteiger partial charge in [0.25, 0.3) is 0 Å². The van der Waals surface area contributed by atoms with E-state index in [1.807, 2.05) is 0 Å². The van der Waals surface area contributed by atoms with Gasteiger partial charge < -0.3 is 15.5 Å². The minimum atomic E-state index is -4.46. The average Bonchev–Trinajstić information content (AvgIpc) is 3.36. The number of anilines is 2. The number of H-pyrrole nitrogens is 1. The molecule has 4 aromatic rings. The van der Waals surface area contributed by atoms with E-state index in [0.29, 0.717) is 27.7 Å². The Labute approximate surface area is 178 Å². The van der Waals surface area contributed by atoms with Crippen LogP contribution in [-0.4, -0.2) is 35.8 Å². The summed E-state index contributed by atoms with van der Waals surface area (Å²) in [4.78, 5) is 11.5. The second kappa shape index (κ2) is 7.29. The molecule has 11 heteroatoms. The van der Waals surface area contributed by atoms with Gasteiger partial charge in [0.1, 0.15) is 5.82 Å². The second-order valence-electron chi connectivity index (χ2n) is 7.50. The summed E-state index contributed by atoms with van der Waals surface area (Å²) in [6.45, 7) is 0. The number of fused-ring (bicyclic) bond motifs is 1. The highest BCUT2D eigenvalue weighted by Gasteiger charge is 2.30. The molecule has 1 aliphatic rings. The van der Waals surface area contributed by atoms with Crippen molar-refractivity contribution in [3.63, 3.8) is 0 Å². The predicted octanol–water partition coefficient (Wildman–Crippen LogP) is 2.84. The third kappa shape index (κ3) is 3.96. The third-order valence-corrected chi connectivity index (χ3v) is 4.93. The molecule has 8 nitrogen and oxygen atoms in total. The number of halogens is 3. The molecule has 0 radical (unpaired) electrons. The number of aromatic nitrogens is 4. The summed E-state index contributed by atoms with van der Waals surface area (Å²) in [5, 5.41) is 27.2. The molecule has 1 aromatic carbocycles. The standard InChI is InChI=1S/C21H17F3N6O2/c22-21(23,24)13-2-1-3-15(8-13)26-16-9-17(27-14-4-5-14)30-19(28-16)12(10-25-30)6-11-7-18(31)29-20(11)32/h1-3,6-10,14,26,29,31-32H,4-5H2. The highest BCUT2D eigenvalue weighted by Crippen LogP contribution is 2.31. The fraction of sp³-hybridized carbons (Fsp3) is 0.190. The van der Waals surface area contributed by atoms with Crippen LogP contribution in [0.25, 0.3) is 11.7 Å². The molecule has 0 aliphatic heterocycles. The maximum Gasteiger partial charge on any atom is 0.416 e. The van der Waals surface area contributed by atoms with Crippen LogP contribution in [0.2, 0.25) is 0 Å². The molecule has 3 aromatic heterocycles. The van der Waals surface area contributed by atoms with Crippen molar-refractivity contribution in [1.29, 1.82) is 0 Å². The number of aromatic hydroxyl groups is 2. The van der Waals surface area contributed by atoms with Gasteiger partial charge in [0, 0.05) is 28.6 Å². The SMILES string of the molecule is Oc1cc(C=c2cnn3c(=NC4CC4)cc(Nc4cccc(C(F)(F)F)c4)nc23)c(O)[nH]1. The molecular weight excluding hydrogens is 425 g/mol. The van der Waals surface area contributed by atoms with Gasteiger partial charge in [-0.05, 0) is 37.1 Å². The Morgan fingerprint density at radius 2 is 2.00 bits per heavy atom. The van der Waals surface area contributed by atoms with E-state index in [-0.39, 0.29) is 23.5 Å². The van der Waals surface area contributed by atoms with E-state index in [9.17, 15) is 23.4 Å². The van der Waals surface area contributed by atoms with Gasteiger partial charge in [-0.25, -0.2) is 4.98 Å². The van der Waals surface area contributed by atoms with Crippen LogP contribution in [0.3, 0.4) is 0 Å². The Kier molecular flexibility index (Phi) is 4.54. The number of benzene rings is 1. The summed E-state index contributed by atoms with van der Waals surface area (Å²) >= 11 is 0. The highest BCUT2D eigenvalue weighted by atomic mass is 19.4. The van der Waals surface area contributed by atoms with Crippen molar-refractivity contribution in [2.24, 2.45) is 4.99 Å². The highest BCUT2D eigenvalue weighted by molar-refractivity contribution is 5.63. The van der Waals surface area contributed by atoms with Crippen LogP contribution in [0.5, 0.6) is 11.8 Å². The lowest BCUT2D eigenvalue weighted by Gasteiger charge is -2.10. The summed E-state index contributed by atoms with van der Waals surface area (Å²) < 4.78 is 40.7. The molecule has 3 heterocycles. The Hall–Kier alpha value is -4.02. The van der Waals surface area contributed by atoms with Crippen molar-refractivity contribution in [2.75, 3.05) is 5.32 Å². The average molecular weight is 442 g/mol. The Balaban J connectivity index is 1.63. The largest absolute Gasteiger partial charge is 0.494 e. The Morgan fingerprint density at radius 1 is 1.19 bits per heavy atom. The van der Waals surface area contributed by atoms with E-state index >= 15 is 0 Å². The van der Waals surface area contributed by atoms with Gasteiger partial charge >= 0.3 is 6.18 Å². The fourth-order valence-electron chi connectivity index (χ4n) is 3.26. The number of nitrogens with zero attached hydrogens (tertiary/aromatic N) is 4. The first-order chi connectivity index (χ1) is 15.3. The smallest absolute Gasteiger partial charge is 0.416 e. The van der Waals surface area contributed by atoms with Gasteiger partial charge in [0.2, 0.25) is 0 Å². The first-order valence-electron chi connectivity index (χ1n) is 9.76. The maximum absolute atomic E-state index is 13.1. The zero-order valence-corrected chi connectivity index (χ0v) is 16.4. The molecule has 5 rings (SSSR count). The molecular formula is C21H17F3N6O2. The van der Waals surface area contributed by atoms with Gasteiger partial charge in [-0.3, -0.25) is 9.98 Å². The number of hydrogen-bond acceptors (Lipinski definition) is 6. The first kappa shape index (κ1) is 19.9. The molecule has 4 N–H and O–H groups in total. The molecule has 0 unspecified atom stereocenters. The van der Waals surface area contributed by atoms with Gasteiger partial charge in [-0.2, -0.15) is 22.8 Å². The molecule has 0 bridgehead atoms. The van der Waals surface area contributed by atoms with Crippen molar-refractivity contribution in [3.05, 3.63) is 64.4 Å². The van der Waals surface area contributed by atoms with Crippen LogP contribution in [-0.2, 0) is 6.18 Å². The third-order valence-electron chi connectivity index (χ3n) is 4.93. The van der Waals surface area contributed by atoms with Crippen molar-refractivity contribution in [3.8, 4) is 11.8 Å².